The molecule has 2 nitrogen and oxygen atoms in total. The number of anilines is 3. The summed E-state index contributed by atoms with van der Waals surface area (Å²) in [6.45, 7) is 0. The minimum absolute atomic E-state index is 0.904. The van der Waals surface area contributed by atoms with E-state index in [-0.39, 0.29) is 0 Å². The normalized spacial score (nSPS) is 11.4. The Labute approximate surface area is 337 Å². The molecule has 11 rings (SSSR count). The van der Waals surface area contributed by atoms with Gasteiger partial charge < -0.3 is 9.32 Å². The molecule has 1 heterocycles. The highest BCUT2D eigenvalue weighted by Crippen LogP contribution is 2.44. The number of furan rings is 1. The van der Waals surface area contributed by atoms with Gasteiger partial charge in [-0.2, -0.15) is 0 Å². The van der Waals surface area contributed by atoms with Crippen molar-refractivity contribution in [2.75, 3.05) is 4.90 Å². The fourth-order valence-corrected chi connectivity index (χ4v) is 8.69. The van der Waals surface area contributed by atoms with Crippen molar-refractivity contribution in [2.45, 2.75) is 0 Å². The minimum atomic E-state index is 0.904. The van der Waals surface area contributed by atoms with Gasteiger partial charge in [0, 0.05) is 33.3 Å². The zero-order valence-electron chi connectivity index (χ0n) is 31.7. The molecular weight excluding hydrogens is 703 g/mol. The van der Waals surface area contributed by atoms with Crippen molar-refractivity contribution in [3.8, 4) is 44.5 Å². The first-order chi connectivity index (χ1) is 28.8. The summed E-state index contributed by atoms with van der Waals surface area (Å²) >= 11 is 0. The number of hydrogen-bond donors (Lipinski definition) is 0. The summed E-state index contributed by atoms with van der Waals surface area (Å²) in [7, 11) is 0. The predicted molar refractivity (Wildman–Crippen MR) is 245 cm³/mol. The smallest absolute Gasteiger partial charge is 0.143 e. The van der Waals surface area contributed by atoms with Crippen LogP contribution in [0.25, 0.3) is 88.0 Å². The first kappa shape index (κ1) is 33.6. The third-order valence-electron chi connectivity index (χ3n) is 11.5. The first-order valence-corrected chi connectivity index (χ1v) is 19.8. The van der Waals surface area contributed by atoms with Crippen molar-refractivity contribution in [1.29, 1.82) is 0 Å². The molecule has 58 heavy (non-hydrogen) atoms. The van der Waals surface area contributed by atoms with Crippen molar-refractivity contribution in [1.82, 2.24) is 0 Å². The Hall–Kier alpha value is -7.68. The van der Waals surface area contributed by atoms with Crippen LogP contribution in [-0.2, 0) is 0 Å². The number of para-hydroxylation sites is 3. The quantitative estimate of drug-likeness (QED) is 0.162. The summed E-state index contributed by atoms with van der Waals surface area (Å²) in [4.78, 5) is 2.40. The highest BCUT2D eigenvalue weighted by molar-refractivity contribution is 6.09. The Morgan fingerprint density at radius 2 is 0.810 bits per heavy atom. The van der Waals surface area contributed by atoms with Gasteiger partial charge in [0.25, 0.3) is 0 Å². The van der Waals surface area contributed by atoms with E-state index in [4.69, 9.17) is 4.42 Å². The molecule has 0 aliphatic carbocycles. The lowest BCUT2D eigenvalue weighted by atomic mass is 9.95. The van der Waals surface area contributed by atoms with Crippen molar-refractivity contribution >= 4 is 60.5 Å². The number of rotatable bonds is 7. The lowest BCUT2D eigenvalue weighted by Crippen LogP contribution is -2.11. The molecule has 0 atom stereocenters. The Bertz CT molecular complexity index is 3270. The summed E-state index contributed by atoms with van der Waals surface area (Å²) in [5, 5.41) is 7.23. The first-order valence-electron chi connectivity index (χ1n) is 19.8. The van der Waals surface area contributed by atoms with Crippen LogP contribution < -0.4 is 4.90 Å². The third-order valence-corrected chi connectivity index (χ3v) is 11.5. The monoisotopic (exact) mass is 739 g/mol. The largest absolute Gasteiger partial charge is 0.455 e. The van der Waals surface area contributed by atoms with Crippen LogP contribution in [0.3, 0.4) is 0 Å². The molecule has 0 amide bonds. The Kier molecular flexibility index (Phi) is 8.19. The van der Waals surface area contributed by atoms with Gasteiger partial charge in [0.1, 0.15) is 11.2 Å². The SMILES string of the molecule is c1cc(-c2ccc(-c3cccc4ccccc34)cc2)cc(N(c2ccc(-c3cccc4c3oc3ccccc34)cc2)c2ccccc2-c2cccc3ccccc23)c1. The maximum absolute atomic E-state index is 6.45. The Morgan fingerprint density at radius 3 is 1.60 bits per heavy atom. The Morgan fingerprint density at radius 1 is 0.293 bits per heavy atom. The van der Waals surface area contributed by atoms with Crippen LogP contribution in [0.2, 0.25) is 0 Å². The number of benzene rings is 10. The maximum Gasteiger partial charge on any atom is 0.143 e. The number of nitrogens with zero attached hydrogens (tertiary/aromatic N) is 1. The van der Waals surface area contributed by atoms with E-state index in [2.05, 4.69) is 217 Å². The van der Waals surface area contributed by atoms with Gasteiger partial charge in [-0.3, -0.25) is 0 Å². The number of fused-ring (bicyclic) bond motifs is 5. The van der Waals surface area contributed by atoms with Gasteiger partial charge in [-0.25, -0.2) is 0 Å². The molecule has 2 heteroatoms. The molecule has 0 N–H and O–H groups in total. The summed E-state index contributed by atoms with van der Waals surface area (Å²) in [5.74, 6) is 0. The predicted octanol–water partition coefficient (Wildman–Crippen LogP) is 16.0. The van der Waals surface area contributed by atoms with Crippen molar-refractivity contribution in [3.63, 3.8) is 0 Å². The molecule has 0 spiro atoms. The lowest BCUT2D eigenvalue weighted by Gasteiger charge is -2.29. The second-order valence-corrected chi connectivity index (χ2v) is 14.9. The van der Waals surface area contributed by atoms with Gasteiger partial charge in [-0.1, -0.05) is 188 Å². The summed E-state index contributed by atoms with van der Waals surface area (Å²) in [6, 6.07) is 80.7. The molecule has 0 aliphatic rings. The molecule has 0 unspecified atom stereocenters. The molecular formula is C56H37NO. The minimum Gasteiger partial charge on any atom is -0.455 e. The molecule has 0 saturated heterocycles. The average Bonchev–Trinajstić information content (AvgIpc) is 3.69. The van der Waals surface area contributed by atoms with E-state index >= 15 is 0 Å². The van der Waals surface area contributed by atoms with E-state index in [9.17, 15) is 0 Å². The van der Waals surface area contributed by atoms with Crippen molar-refractivity contribution < 1.29 is 4.42 Å². The topological polar surface area (TPSA) is 16.4 Å². The summed E-state index contributed by atoms with van der Waals surface area (Å²) in [5.41, 5.74) is 14.4. The second kappa shape index (κ2) is 14.1. The highest BCUT2D eigenvalue weighted by atomic mass is 16.3. The van der Waals surface area contributed by atoms with Crippen LogP contribution in [0, 0.1) is 0 Å². The van der Waals surface area contributed by atoms with E-state index in [0.717, 1.165) is 55.7 Å². The zero-order chi connectivity index (χ0) is 38.4. The molecule has 10 aromatic carbocycles. The van der Waals surface area contributed by atoms with Gasteiger partial charge in [0.15, 0.2) is 0 Å². The standard InChI is InChI=1S/C56H37NO/c1-3-19-46-39(13-1)15-10-23-47(46)41-31-29-38(30-32-41)43-17-9-18-45(37-43)57(54-27-7-5-21-51(54)50-25-11-16-40-14-2-4-20-48(40)50)44-35-33-42(34-36-44)49-24-12-26-53-52-22-6-8-28-55(52)58-56(49)53/h1-37H. The molecule has 0 saturated carbocycles. The molecule has 0 fully saturated rings. The van der Waals surface area contributed by atoms with Crippen LogP contribution in [0.15, 0.2) is 229 Å². The van der Waals surface area contributed by atoms with E-state index < -0.39 is 0 Å². The third kappa shape index (κ3) is 5.82. The van der Waals surface area contributed by atoms with Crippen LogP contribution in [0.1, 0.15) is 0 Å². The van der Waals surface area contributed by atoms with E-state index in [1.54, 1.807) is 0 Å². The Balaban J connectivity index is 1.04. The highest BCUT2D eigenvalue weighted by Gasteiger charge is 2.20. The van der Waals surface area contributed by atoms with Crippen LogP contribution in [0.5, 0.6) is 0 Å². The van der Waals surface area contributed by atoms with E-state index in [0.29, 0.717) is 0 Å². The van der Waals surface area contributed by atoms with Gasteiger partial charge in [-0.15, -0.1) is 0 Å². The van der Waals surface area contributed by atoms with Crippen molar-refractivity contribution in [2.24, 2.45) is 0 Å². The lowest BCUT2D eigenvalue weighted by molar-refractivity contribution is 0.670. The average molecular weight is 740 g/mol. The number of hydrogen-bond acceptors (Lipinski definition) is 2. The summed E-state index contributed by atoms with van der Waals surface area (Å²) < 4.78 is 6.45. The molecule has 0 radical (unpaired) electrons. The van der Waals surface area contributed by atoms with Gasteiger partial charge >= 0.3 is 0 Å². The zero-order valence-corrected chi connectivity index (χ0v) is 31.7. The summed E-state index contributed by atoms with van der Waals surface area (Å²) in [6.07, 6.45) is 0. The van der Waals surface area contributed by atoms with Crippen LogP contribution in [0.4, 0.5) is 17.1 Å². The fraction of sp³-hybridized carbons (Fsp3) is 0. The van der Waals surface area contributed by atoms with E-state index in [1.807, 2.05) is 12.1 Å². The molecule has 272 valence electrons. The molecule has 0 bridgehead atoms. The molecule has 11 aromatic rings. The molecule has 0 aliphatic heterocycles. The fourth-order valence-electron chi connectivity index (χ4n) is 8.69. The van der Waals surface area contributed by atoms with Gasteiger partial charge in [-0.05, 0) is 91.3 Å². The molecule has 1 aromatic heterocycles. The second-order valence-electron chi connectivity index (χ2n) is 14.9. The van der Waals surface area contributed by atoms with Gasteiger partial charge in [0.05, 0.1) is 5.69 Å². The van der Waals surface area contributed by atoms with Crippen LogP contribution >= 0.6 is 0 Å². The van der Waals surface area contributed by atoms with E-state index in [1.165, 1.54) is 49.4 Å². The van der Waals surface area contributed by atoms with Crippen molar-refractivity contribution in [3.05, 3.63) is 224 Å². The maximum atomic E-state index is 6.45. The van der Waals surface area contributed by atoms with Gasteiger partial charge in [0.2, 0.25) is 0 Å². The van der Waals surface area contributed by atoms with Crippen LogP contribution in [-0.4, -0.2) is 0 Å².